The van der Waals surface area contributed by atoms with E-state index in [0.29, 0.717) is 0 Å². The van der Waals surface area contributed by atoms with Gasteiger partial charge in [0.1, 0.15) is 12.1 Å². The Kier molecular flexibility index (Phi) is 5.06. The van der Waals surface area contributed by atoms with Crippen molar-refractivity contribution in [3.8, 4) is 0 Å². The SMILES string of the molecule is COC(=O)[C@H]1CC[C@@H](C(=O)OC)N1S(=O)(=O)c1ccc(C)cc1. The summed E-state index contributed by atoms with van der Waals surface area (Å²) < 4.78 is 36.1. The van der Waals surface area contributed by atoms with E-state index in [1.54, 1.807) is 12.1 Å². The molecular formula is C15H19NO6S. The number of carbonyl (C=O) groups is 2. The van der Waals surface area contributed by atoms with E-state index in [4.69, 9.17) is 0 Å². The second-order valence-electron chi connectivity index (χ2n) is 5.30. The molecule has 1 heterocycles. The summed E-state index contributed by atoms with van der Waals surface area (Å²) in [7, 11) is -1.66. The summed E-state index contributed by atoms with van der Waals surface area (Å²) in [5, 5.41) is 0. The number of ether oxygens (including phenoxy) is 2. The van der Waals surface area contributed by atoms with Gasteiger partial charge in [-0.3, -0.25) is 9.59 Å². The Morgan fingerprint density at radius 2 is 1.43 bits per heavy atom. The largest absolute Gasteiger partial charge is 0.468 e. The van der Waals surface area contributed by atoms with Gasteiger partial charge in [0.25, 0.3) is 0 Å². The maximum absolute atomic E-state index is 12.9. The van der Waals surface area contributed by atoms with Crippen LogP contribution in [0.4, 0.5) is 0 Å². The number of benzene rings is 1. The number of methoxy groups -OCH3 is 2. The van der Waals surface area contributed by atoms with Gasteiger partial charge in [0.15, 0.2) is 0 Å². The minimum absolute atomic E-state index is 0.0211. The van der Waals surface area contributed by atoms with E-state index < -0.39 is 34.0 Å². The number of hydrogen-bond acceptors (Lipinski definition) is 6. The third-order valence-electron chi connectivity index (χ3n) is 3.87. The lowest BCUT2D eigenvalue weighted by atomic mass is 10.2. The smallest absolute Gasteiger partial charge is 0.324 e. The number of nitrogens with zero attached hydrogens (tertiary/aromatic N) is 1. The summed E-state index contributed by atoms with van der Waals surface area (Å²) in [5.74, 6) is -1.38. The van der Waals surface area contributed by atoms with Gasteiger partial charge in [-0.05, 0) is 31.9 Å². The zero-order chi connectivity index (χ0) is 17.2. The Morgan fingerprint density at radius 1 is 1.00 bits per heavy atom. The van der Waals surface area contributed by atoms with Crippen LogP contribution >= 0.6 is 0 Å². The highest BCUT2D eigenvalue weighted by Crippen LogP contribution is 2.32. The Morgan fingerprint density at radius 3 is 1.83 bits per heavy atom. The molecule has 23 heavy (non-hydrogen) atoms. The molecule has 0 bridgehead atoms. The fourth-order valence-electron chi connectivity index (χ4n) is 2.67. The minimum Gasteiger partial charge on any atom is -0.468 e. The predicted molar refractivity (Wildman–Crippen MR) is 81.0 cm³/mol. The first-order chi connectivity index (χ1) is 10.8. The molecule has 1 aliphatic heterocycles. The normalized spacial score (nSPS) is 21.9. The predicted octanol–water partition coefficient (Wildman–Crippen LogP) is 0.863. The van der Waals surface area contributed by atoms with Crippen LogP contribution in [-0.2, 0) is 29.1 Å². The maximum Gasteiger partial charge on any atom is 0.324 e. The Bertz CT molecular complexity index is 673. The highest BCUT2D eigenvalue weighted by Gasteiger charge is 2.49. The van der Waals surface area contributed by atoms with Crippen molar-refractivity contribution in [1.29, 1.82) is 0 Å². The molecule has 0 saturated carbocycles. The fourth-order valence-corrected chi connectivity index (χ4v) is 4.45. The molecule has 1 aliphatic rings. The quantitative estimate of drug-likeness (QED) is 0.755. The van der Waals surface area contributed by atoms with Crippen LogP contribution in [0.3, 0.4) is 0 Å². The van der Waals surface area contributed by atoms with Gasteiger partial charge in [0.2, 0.25) is 10.0 Å². The van der Waals surface area contributed by atoms with Crippen molar-refractivity contribution in [2.45, 2.75) is 36.7 Å². The molecule has 8 heteroatoms. The molecule has 0 radical (unpaired) electrons. The van der Waals surface area contributed by atoms with Crippen LogP contribution in [0.2, 0.25) is 0 Å². The number of carbonyl (C=O) groups excluding carboxylic acids is 2. The van der Waals surface area contributed by atoms with E-state index in [9.17, 15) is 18.0 Å². The number of rotatable bonds is 4. The summed E-state index contributed by atoms with van der Waals surface area (Å²) in [6.07, 6.45) is 0.412. The standard InChI is InChI=1S/C15H19NO6S/c1-10-4-6-11(7-5-10)23(19,20)16-12(14(17)21-2)8-9-13(16)15(18)22-3/h4-7,12-13H,8-9H2,1-3H3/t12-,13+. The summed E-state index contributed by atoms with van der Waals surface area (Å²) in [4.78, 5) is 23.9. The highest BCUT2D eigenvalue weighted by atomic mass is 32.2. The third kappa shape index (κ3) is 3.23. The van der Waals surface area contributed by atoms with Crippen LogP contribution in [0, 0.1) is 6.92 Å². The lowest BCUT2D eigenvalue weighted by Crippen LogP contribution is -2.48. The van der Waals surface area contributed by atoms with Crippen LogP contribution in [0.25, 0.3) is 0 Å². The van der Waals surface area contributed by atoms with Gasteiger partial charge in [-0.2, -0.15) is 4.31 Å². The molecule has 0 N–H and O–H groups in total. The molecule has 1 fully saturated rings. The van der Waals surface area contributed by atoms with E-state index in [1.165, 1.54) is 26.4 Å². The average Bonchev–Trinajstić information content (AvgIpc) is 2.99. The summed E-state index contributed by atoms with van der Waals surface area (Å²) in [5.41, 5.74) is 0.902. The first-order valence-corrected chi connectivity index (χ1v) is 8.52. The molecule has 0 unspecified atom stereocenters. The molecule has 1 aromatic rings. The van der Waals surface area contributed by atoms with Crippen LogP contribution < -0.4 is 0 Å². The van der Waals surface area contributed by atoms with Gasteiger partial charge in [-0.1, -0.05) is 17.7 Å². The maximum atomic E-state index is 12.9. The number of esters is 2. The van der Waals surface area contributed by atoms with Crippen LogP contribution in [-0.4, -0.2) is 51.0 Å². The lowest BCUT2D eigenvalue weighted by molar-refractivity contribution is -0.147. The monoisotopic (exact) mass is 341 g/mol. The van der Waals surface area contributed by atoms with Crippen LogP contribution in [0.15, 0.2) is 29.2 Å². The molecule has 0 aliphatic carbocycles. The molecule has 2 rings (SSSR count). The van der Waals surface area contributed by atoms with E-state index in [2.05, 4.69) is 9.47 Å². The summed E-state index contributed by atoms with van der Waals surface area (Å²) >= 11 is 0. The zero-order valence-corrected chi connectivity index (χ0v) is 14.0. The lowest BCUT2D eigenvalue weighted by Gasteiger charge is -2.26. The Balaban J connectivity index is 2.49. The number of sulfonamides is 1. The van der Waals surface area contributed by atoms with Crippen molar-refractivity contribution >= 4 is 22.0 Å². The van der Waals surface area contributed by atoms with Crippen molar-refractivity contribution in [3.63, 3.8) is 0 Å². The van der Waals surface area contributed by atoms with Crippen LogP contribution in [0.1, 0.15) is 18.4 Å². The fraction of sp³-hybridized carbons (Fsp3) is 0.467. The molecule has 126 valence electrons. The molecule has 0 spiro atoms. The molecular weight excluding hydrogens is 322 g/mol. The van der Waals surface area contributed by atoms with E-state index in [-0.39, 0.29) is 17.7 Å². The number of hydrogen-bond donors (Lipinski definition) is 0. The van der Waals surface area contributed by atoms with Crippen molar-refractivity contribution < 1.29 is 27.5 Å². The Hall–Kier alpha value is -1.93. The van der Waals surface area contributed by atoms with E-state index in [1.807, 2.05) is 6.92 Å². The van der Waals surface area contributed by atoms with Gasteiger partial charge >= 0.3 is 11.9 Å². The molecule has 1 saturated heterocycles. The zero-order valence-electron chi connectivity index (χ0n) is 13.2. The van der Waals surface area contributed by atoms with E-state index in [0.717, 1.165) is 9.87 Å². The number of aryl methyl sites for hydroxylation is 1. The topological polar surface area (TPSA) is 90.0 Å². The highest BCUT2D eigenvalue weighted by molar-refractivity contribution is 7.89. The molecule has 7 nitrogen and oxygen atoms in total. The van der Waals surface area contributed by atoms with Crippen molar-refractivity contribution in [2.75, 3.05) is 14.2 Å². The van der Waals surface area contributed by atoms with Crippen molar-refractivity contribution in [1.82, 2.24) is 4.31 Å². The second kappa shape index (κ2) is 6.67. The van der Waals surface area contributed by atoms with E-state index >= 15 is 0 Å². The summed E-state index contributed by atoms with van der Waals surface area (Å²) in [6, 6.07) is 4.15. The molecule has 0 aromatic heterocycles. The second-order valence-corrected chi connectivity index (χ2v) is 7.15. The third-order valence-corrected chi connectivity index (χ3v) is 5.80. The molecule has 0 amide bonds. The van der Waals surface area contributed by atoms with Gasteiger partial charge in [-0.25, -0.2) is 8.42 Å². The molecule has 2 atom stereocenters. The van der Waals surface area contributed by atoms with Crippen molar-refractivity contribution in [2.24, 2.45) is 0 Å². The van der Waals surface area contributed by atoms with Gasteiger partial charge in [0.05, 0.1) is 19.1 Å². The Labute approximate surface area is 135 Å². The summed E-state index contributed by atoms with van der Waals surface area (Å²) in [6.45, 7) is 1.83. The van der Waals surface area contributed by atoms with Gasteiger partial charge < -0.3 is 9.47 Å². The first kappa shape index (κ1) is 17.4. The minimum atomic E-state index is -4.03. The van der Waals surface area contributed by atoms with Crippen LogP contribution in [0.5, 0.6) is 0 Å². The van der Waals surface area contributed by atoms with Crippen molar-refractivity contribution in [3.05, 3.63) is 29.8 Å². The average molecular weight is 341 g/mol. The molecule has 1 aromatic carbocycles. The van der Waals surface area contributed by atoms with Gasteiger partial charge in [0, 0.05) is 0 Å². The van der Waals surface area contributed by atoms with Gasteiger partial charge in [-0.15, -0.1) is 0 Å². The first-order valence-electron chi connectivity index (χ1n) is 7.08.